The maximum Gasteiger partial charge on any atom is 0.169 e. The first-order valence-electron chi connectivity index (χ1n) is 13.2. The van der Waals surface area contributed by atoms with Gasteiger partial charge in [-0.3, -0.25) is 4.90 Å². The van der Waals surface area contributed by atoms with Gasteiger partial charge in [0.25, 0.3) is 0 Å². The van der Waals surface area contributed by atoms with E-state index in [4.69, 9.17) is 4.74 Å². The molecule has 2 aliphatic heterocycles. The van der Waals surface area contributed by atoms with Crippen molar-refractivity contribution in [2.45, 2.75) is 71.0 Å². The normalized spacial score (nSPS) is 25.6. The molecule has 6 nitrogen and oxygen atoms in total. The molecule has 1 aliphatic carbocycles. The highest BCUT2D eigenvalue weighted by molar-refractivity contribution is 7.19. The molecule has 0 radical (unpaired) electrons. The van der Waals surface area contributed by atoms with Crippen LogP contribution in [0.4, 0.5) is 4.39 Å². The van der Waals surface area contributed by atoms with E-state index in [1.165, 1.54) is 50.1 Å². The summed E-state index contributed by atoms with van der Waals surface area (Å²) in [6, 6.07) is 0.508. The molecule has 190 valence electrons. The van der Waals surface area contributed by atoms with Crippen molar-refractivity contribution in [2.24, 2.45) is 5.92 Å². The smallest absolute Gasteiger partial charge is 0.169 e. The molecule has 36 heavy (non-hydrogen) atoms. The zero-order chi connectivity index (χ0) is 24.9. The number of rotatable bonds is 5. The Bertz CT molecular complexity index is 1490. The summed E-state index contributed by atoms with van der Waals surface area (Å²) in [5.41, 5.74) is 7.48. The molecule has 3 atom stereocenters. The van der Waals surface area contributed by atoms with E-state index in [1.54, 1.807) is 11.2 Å². The van der Waals surface area contributed by atoms with Gasteiger partial charge < -0.3 is 9.72 Å². The number of alkyl halides is 1. The van der Waals surface area contributed by atoms with E-state index in [0.29, 0.717) is 30.3 Å². The van der Waals surface area contributed by atoms with Crippen molar-refractivity contribution in [3.8, 4) is 11.3 Å². The Kier molecular flexibility index (Phi) is 4.99. The van der Waals surface area contributed by atoms with Crippen LogP contribution in [0.5, 0.6) is 0 Å². The summed E-state index contributed by atoms with van der Waals surface area (Å²) in [7, 11) is 0. The summed E-state index contributed by atoms with van der Waals surface area (Å²) in [4.78, 5) is 13.5. The molecule has 0 aromatic carbocycles. The van der Waals surface area contributed by atoms with Crippen molar-refractivity contribution in [2.75, 3.05) is 26.3 Å². The lowest BCUT2D eigenvalue weighted by Crippen LogP contribution is -2.55. The molecule has 4 aromatic rings. The number of pyridine rings is 1. The molecular formula is C28H34FN5OS. The minimum absolute atomic E-state index is 0.266. The van der Waals surface area contributed by atoms with Gasteiger partial charge in [-0.05, 0) is 73.6 Å². The lowest BCUT2D eigenvalue weighted by molar-refractivity contribution is -0.143. The Morgan fingerprint density at radius 1 is 1.19 bits per heavy atom. The van der Waals surface area contributed by atoms with Gasteiger partial charge in [-0.25, -0.2) is 13.9 Å². The van der Waals surface area contributed by atoms with Crippen molar-refractivity contribution in [3.05, 3.63) is 39.7 Å². The Hall–Kier alpha value is -2.29. The number of H-pyrrole nitrogens is 1. The number of aromatic nitrogens is 4. The molecule has 1 unspecified atom stereocenters. The molecule has 2 saturated heterocycles. The molecule has 3 aliphatic rings. The number of nitrogens with one attached hydrogen (secondary N) is 1. The lowest BCUT2D eigenvalue weighted by Gasteiger charge is -2.40. The molecule has 2 bridgehead atoms. The third-order valence-corrected chi connectivity index (χ3v) is 10.5. The molecule has 1 N–H and O–H groups in total. The van der Waals surface area contributed by atoms with Crippen LogP contribution < -0.4 is 0 Å². The number of ether oxygens (including phenoxy) is 1. The largest absolute Gasteiger partial charge is 0.375 e. The highest BCUT2D eigenvalue weighted by Crippen LogP contribution is 2.53. The summed E-state index contributed by atoms with van der Waals surface area (Å²) < 4.78 is 21.8. The second-order valence-corrected chi connectivity index (χ2v) is 12.8. The number of hydrogen-bond donors (Lipinski definition) is 1. The van der Waals surface area contributed by atoms with E-state index in [-0.39, 0.29) is 13.2 Å². The Morgan fingerprint density at radius 2 is 2.00 bits per heavy atom. The van der Waals surface area contributed by atoms with Gasteiger partial charge in [0.1, 0.15) is 11.2 Å². The van der Waals surface area contributed by atoms with Crippen molar-refractivity contribution in [3.63, 3.8) is 0 Å². The van der Waals surface area contributed by atoms with Gasteiger partial charge in [-0.15, -0.1) is 11.3 Å². The molecule has 8 heteroatoms. The number of aryl methyl sites for hydroxylation is 2. The monoisotopic (exact) mass is 507 g/mol. The summed E-state index contributed by atoms with van der Waals surface area (Å²) in [5.74, 6) is 1.61. The first-order valence-corrected chi connectivity index (χ1v) is 14.0. The lowest BCUT2D eigenvalue weighted by atomic mass is 9.88. The number of fused-ring (bicyclic) bond motifs is 4. The first-order chi connectivity index (χ1) is 17.2. The molecule has 6 heterocycles. The summed E-state index contributed by atoms with van der Waals surface area (Å²) in [6.07, 6.45) is 6.10. The molecule has 4 aromatic heterocycles. The van der Waals surface area contributed by atoms with Gasteiger partial charge in [-0.1, -0.05) is 13.8 Å². The van der Waals surface area contributed by atoms with Crippen molar-refractivity contribution in [1.82, 2.24) is 24.5 Å². The quantitative estimate of drug-likeness (QED) is 0.365. The average Bonchev–Trinajstić information content (AvgIpc) is 3.62. The molecule has 0 spiro atoms. The van der Waals surface area contributed by atoms with Crippen molar-refractivity contribution < 1.29 is 9.13 Å². The minimum atomic E-state index is -1.12. The van der Waals surface area contributed by atoms with Crippen molar-refractivity contribution in [1.29, 1.82) is 0 Å². The van der Waals surface area contributed by atoms with Gasteiger partial charge >= 0.3 is 0 Å². The van der Waals surface area contributed by atoms with E-state index >= 15 is 0 Å². The van der Waals surface area contributed by atoms with E-state index in [2.05, 4.69) is 60.8 Å². The zero-order valence-electron chi connectivity index (χ0n) is 21.7. The highest BCUT2D eigenvalue weighted by Gasteiger charge is 2.50. The maximum atomic E-state index is 14.7. The number of hydrogen-bond acceptors (Lipinski definition) is 5. The predicted octanol–water partition coefficient (Wildman–Crippen LogP) is 5.90. The first kappa shape index (κ1) is 22.9. The van der Waals surface area contributed by atoms with Crippen molar-refractivity contribution >= 4 is 27.2 Å². The van der Waals surface area contributed by atoms with Crippen LogP contribution in [0.15, 0.2) is 12.5 Å². The van der Waals surface area contributed by atoms with Crippen LogP contribution in [0.1, 0.15) is 65.7 Å². The van der Waals surface area contributed by atoms with Crippen LogP contribution >= 0.6 is 11.3 Å². The van der Waals surface area contributed by atoms with Crippen LogP contribution in [0.25, 0.3) is 27.1 Å². The molecular weight excluding hydrogens is 473 g/mol. The van der Waals surface area contributed by atoms with Gasteiger partial charge in [0.05, 0.1) is 18.9 Å². The second kappa shape index (κ2) is 7.85. The van der Waals surface area contributed by atoms with E-state index in [9.17, 15) is 4.39 Å². The number of likely N-dealkylation sites (tertiary alicyclic amines) is 1. The van der Waals surface area contributed by atoms with Crippen LogP contribution in [0.2, 0.25) is 0 Å². The predicted molar refractivity (Wildman–Crippen MR) is 142 cm³/mol. The number of halogens is 1. The van der Waals surface area contributed by atoms with E-state index < -0.39 is 5.67 Å². The Labute approximate surface area is 214 Å². The van der Waals surface area contributed by atoms with Gasteiger partial charge in [0, 0.05) is 41.2 Å². The van der Waals surface area contributed by atoms with E-state index in [0.717, 1.165) is 18.6 Å². The SMILES string of the molecule is Cc1c(-c2[nH]c3sc([C@@H]4CC5C[C@H]4CN5CC4(F)COC4)c(C)c3c2C(C)C)cn2ncnc2c1C. The van der Waals surface area contributed by atoms with Crippen LogP contribution in [0, 0.1) is 26.7 Å². The third kappa shape index (κ3) is 3.20. The topological polar surface area (TPSA) is 58.5 Å². The van der Waals surface area contributed by atoms with Gasteiger partial charge in [0.15, 0.2) is 11.3 Å². The Morgan fingerprint density at radius 3 is 2.67 bits per heavy atom. The Balaban J connectivity index is 1.25. The number of aromatic amines is 1. The molecule has 7 rings (SSSR count). The fourth-order valence-corrected chi connectivity index (χ4v) is 8.62. The fourth-order valence-electron chi connectivity index (χ4n) is 7.19. The highest BCUT2D eigenvalue weighted by atomic mass is 32.1. The third-order valence-electron chi connectivity index (χ3n) is 9.13. The summed E-state index contributed by atoms with van der Waals surface area (Å²) >= 11 is 1.95. The summed E-state index contributed by atoms with van der Waals surface area (Å²) in [5, 5.41) is 5.83. The number of nitrogens with zero attached hydrogens (tertiary/aromatic N) is 4. The molecule has 3 fully saturated rings. The number of thiophene rings is 1. The van der Waals surface area contributed by atoms with Crippen LogP contribution in [-0.4, -0.2) is 62.5 Å². The molecule has 1 saturated carbocycles. The van der Waals surface area contributed by atoms with E-state index in [1.807, 2.05) is 15.9 Å². The standard InChI is InChI=1S/C28H34FN5OS/c1-14(2)22-23-17(5)25(20-7-19-6-18(20)8-33(19)10-28(29)11-35-12-28)36-27(23)32-24(22)21-9-34-26(30-13-31-34)16(4)15(21)3/h9,13-14,18-20,32H,6-8,10-12H2,1-5H3/t18-,19?,20+/m0/s1. The van der Waals surface area contributed by atoms with Gasteiger partial charge in [0.2, 0.25) is 0 Å². The summed E-state index contributed by atoms with van der Waals surface area (Å²) in [6.45, 7) is 13.3. The molecule has 0 amide bonds. The zero-order valence-corrected chi connectivity index (χ0v) is 22.5. The maximum absolute atomic E-state index is 14.7. The average molecular weight is 508 g/mol. The van der Waals surface area contributed by atoms with Gasteiger partial charge in [-0.2, -0.15) is 5.10 Å². The van der Waals surface area contributed by atoms with Crippen LogP contribution in [0.3, 0.4) is 0 Å². The minimum Gasteiger partial charge on any atom is -0.375 e. The second-order valence-electron chi connectivity index (χ2n) is 11.7. The number of piperidine rings is 1. The van der Waals surface area contributed by atoms with Crippen LogP contribution in [-0.2, 0) is 4.74 Å². The fraction of sp³-hybridized carbons (Fsp3) is 0.571.